The highest BCUT2D eigenvalue weighted by atomic mass is 16.6. The Labute approximate surface area is 174 Å². The Kier molecular flexibility index (Phi) is 4.53. The van der Waals surface area contributed by atoms with Crippen LogP contribution >= 0.6 is 0 Å². The maximum Gasteiger partial charge on any atom is 0.141 e. The summed E-state index contributed by atoms with van der Waals surface area (Å²) < 4.78 is 0. The van der Waals surface area contributed by atoms with E-state index in [1.54, 1.807) is 0 Å². The number of carbonyl (C=O) groups excluding carboxylic acids is 1. The Hall–Kier alpha value is -1.20. The van der Waals surface area contributed by atoms with Crippen molar-refractivity contribution in [3.63, 3.8) is 0 Å². The molecule has 0 unspecified atom stereocenters. The summed E-state index contributed by atoms with van der Waals surface area (Å²) in [6.07, 6.45) is 7.94. The molecule has 0 aromatic rings. The lowest BCUT2D eigenvalue weighted by Crippen LogP contribution is -2.63. The van der Waals surface area contributed by atoms with E-state index in [0.717, 1.165) is 63.7 Å². The van der Waals surface area contributed by atoms with Gasteiger partial charge in [-0.05, 0) is 62.8 Å². The first kappa shape index (κ1) is 19.7. The predicted octanol–water partition coefficient (Wildman–Crippen LogP) is 3.61. The topological polar surface area (TPSA) is 70.9 Å². The highest BCUT2D eigenvalue weighted by Gasteiger charge is 2.65. The second-order valence-corrected chi connectivity index (χ2v) is 11.0. The van der Waals surface area contributed by atoms with Gasteiger partial charge in [-0.2, -0.15) is 0 Å². The van der Waals surface area contributed by atoms with Crippen LogP contribution in [0.2, 0.25) is 0 Å². The molecule has 0 spiro atoms. The first-order valence-corrected chi connectivity index (χ1v) is 11.6. The molecule has 5 nitrogen and oxygen atoms in total. The lowest BCUT2D eigenvalue weighted by Gasteiger charge is -2.63. The summed E-state index contributed by atoms with van der Waals surface area (Å²) in [4.78, 5) is 18.4. The van der Waals surface area contributed by atoms with Gasteiger partial charge in [0.05, 0.1) is 11.3 Å². The first-order chi connectivity index (χ1) is 13.8. The molecule has 5 aliphatic rings. The van der Waals surface area contributed by atoms with Crippen molar-refractivity contribution in [1.82, 2.24) is 5.32 Å². The maximum absolute atomic E-state index is 12.6. The van der Waals surface area contributed by atoms with Crippen LogP contribution in [0.3, 0.4) is 0 Å². The third-order valence-electron chi connectivity index (χ3n) is 9.63. The summed E-state index contributed by atoms with van der Waals surface area (Å²) in [6.45, 7) is 10.8. The predicted molar refractivity (Wildman–Crippen MR) is 113 cm³/mol. The number of Topliss-reactive ketones (excluding diaryl/α,β-unsaturated/α-hetero) is 1. The first-order valence-electron chi connectivity index (χ1n) is 11.6. The molecule has 160 valence electrons. The minimum Gasteiger partial charge on any atom is -0.391 e. The molecule has 0 bridgehead atoms. The van der Waals surface area contributed by atoms with E-state index in [-0.39, 0.29) is 16.9 Å². The fourth-order valence-corrected chi connectivity index (χ4v) is 7.70. The molecule has 4 aliphatic carbocycles. The van der Waals surface area contributed by atoms with Crippen molar-refractivity contribution in [3.05, 3.63) is 12.2 Å². The number of hydrogen-bond acceptors (Lipinski definition) is 5. The molecule has 1 aliphatic heterocycles. The summed E-state index contributed by atoms with van der Waals surface area (Å²) in [5, 5.41) is 19.7. The minimum atomic E-state index is -0.796. The third-order valence-corrected chi connectivity index (χ3v) is 9.63. The van der Waals surface area contributed by atoms with Crippen LogP contribution in [-0.4, -0.2) is 41.4 Å². The number of nitrogens with one attached hydrogen (secondary N) is 1. The van der Waals surface area contributed by atoms with Crippen LogP contribution in [0.4, 0.5) is 0 Å². The van der Waals surface area contributed by atoms with Gasteiger partial charge in [0.2, 0.25) is 0 Å². The molecule has 0 amide bonds. The van der Waals surface area contributed by atoms with Gasteiger partial charge in [0, 0.05) is 36.6 Å². The molecule has 0 aromatic carbocycles. The van der Waals surface area contributed by atoms with Crippen molar-refractivity contribution in [2.75, 3.05) is 13.1 Å². The van der Waals surface area contributed by atoms with Crippen molar-refractivity contribution in [2.45, 2.75) is 83.3 Å². The molecule has 0 aromatic heterocycles. The Bertz CT molecular complexity index is 757. The highest BCUT2D eigenvalue weighted by molar-refractivity contribution is 5.88. The fourth-order valence-electron chi connectivity index (χ4n) is 7.70. The lowest BCUT2D eigenvalue weighted by atomic mass is 9.43. The van der Waals surface area contributed by atoms with Gasteiger partial charge in [0.15, 0.2) is 0 Å². The summed E-state index contributed by atoms with van der Waals surface area (Å²) in [6, 6.07) is 0. The van der Waals surface area contributed by atoms with Crippen LogP contribution in [0.25, 0.3) is 0 Å². The van der Waals surface area contributed by atoms with E-state index in [1.807, 2.05) is 0 Å². The number of fused-ring (bicyclic) bond motifs is 5. The SMILES string of the molecule is C=C1C[C@@]2(O)C/C(=N\O[C@@H]3CCNC3)CC[C@]2(C)[C@H]2CC[C@]3(C)C(=O)CC[C@H]3[C@@H]12. The van der Waals surface area contributed by atoms with Crippen molar-refractivity contribution in [3.8, 4) is 0 Å². The monoisotopic (exact) mass is 400 g/mol. The van der Waals surface area contributed by atoms with E-state index in [0.29, 0.717) is 36.4 Å². The molecule has 7 atom stereocenters. The van der Waals surface area contributed by atoms with Gasteiger partial charge in [0.1, 0.15) is 11.9 Å². The number of carbonyl (C=O) groups is 1. The molecule has 29 heavy (non-hydrogen) atoms. The van der Waals surface area contributed by atoms with Gasteiger partial charge in [-0.1, -0.05) is 31.2 Å². The van der Waals surface area contributed by atoms with Crippen molar-refractivity contribution >= 4 is 11.5 Å². The van der Waals surface area contributed by atoms with E-state index in [2.05, 4.69) is 30.9 Å². The Morgan fingerprint density at radius 2 is 1.97 bits per heavy atom. The number of ketones is 1. The molecule has 5 heteroatoms. The average molecular weight is 401 g/mol. The second kappa shape index (κ2) is 6.65. The molecule has 5 rings (SSSR count). The van der Waals surface area contributed by atoms with Gasteiger partial charge in [-0.25, -0.2) is 0 Å². The number of nitrogens with zero attached hydrogens (tertiary/aromatic N) is 1. The van der Waals surface area contributed by atoms with Gasteiger partial charge in [-0.3, -0.25) is 4.79 Å². The third kappa shape index (κ3) is 2.79. The number of hydrogen-bond donors (Lipinski definition) is 2. The summed E-state index contributed by atoms with van der Waals surface area (Å²) in [5.74, 6) is 1.66. The maximum atomic E-state index is 12.6. The molecule has 5 fully saturated rings. The van der Waals surface area contributed by atoms with Crippen LogP contribution in [0, 0.1) is 28.6 Å². The van der Waals surface area contributed by atoms with Crippen LogP contribution in [0.15, 0.2) is 17.3 Å². The van der Waals surface area contributed by atoms with Crippen molar-refractivity contribution < 1.29 is 14.7 Å². The van der Waals surface area contributed by atoms with Crippen molar-refractivity contribution in [1.29, 1.82) is 0 Å². The Balaban J connectivity index is 1.39. The van der Waals surface area contributed by atoms with E-state index in [9.17, 15) is 9.90 Å². The van der Waals surface area contributed by atoms with Crippen molar-refractivity contribution in [2.24, 2.45) is 33.7 Å². The van der Waals surface area contributed by atoms with Crippen LogP contribution in [0.1, 0.15) is 71.6 Å². The fraction of sp³-hybridized carbons (Fsp3) is 0.833. The Morgan fingerprint density at radius 3 is 2.72 bits per heavy atom. The zero-order chi connectivity index (χ0) is 20.4. The molecule has 2 N–H and O–H groups in total. The molecular formula is C24H36N2O3. The normalized spacial score (nSPS) is 50.9. The molecule has 1 heterocycles. The average Bonchev–Trinajstić information content (AvgIpc) is 3.30. The summed E-state index contributed by atoms with van der Waals surface area (Å²) in [5.41, 5.74) is 1.07. The van der Waals surface area contributed by atoms with Crippen LogP contribution < -0.4 is 5.32 Å². The smallest absolute Gasteiger partial charge is 0.141 e. The largest absolute Gasteiger partial charge is 0.391 e. The second-order valence-electron chi connectivity index (χ2n) is 11.0. The number of aliphatic hydroxyl groups is 1. The van der Waals surface area contributed by atoms with Crippen LogP contribution in [0.5, 0.6) is 0 Å². The zero-order valence-electron chi connectivity index (χ0n) is 18.0. The highest BCUT2D eigenvalue weighted by Crippen LogP contribution is 2.67. The number of rotatable bonds is 2. The molecule has 0 radical (unpaired) electrons. The van der Waals surface area contributed by atoms with E-state index in [4.69, 9.17) is 4.84 Å². The van der Waals surface area contributed by atoms with Gasteiger partial charge in [-0.15, -0.1) is 0 Å². The standard InChI is InChI=1S/C24H36N2O3/c1-15-12-24(28)13-16(26-29-17-8-11-25-14-17)6-10-23(24,3)19-7-9-22(2)18(21(15)19)4-5-20(22)27/h17-19,21,25,28H,1,4-14H2,2-3H3/b26-16-/t17-,18+,19+,21-,22+,23-,24-/m1/s1. The zero-order valence-corrected chi connectivity index (χ0v) is 18.0. The summed E-state index contributed by atoms with van der Waals surface area (Å²) >= 11 is 0. The van der Waals surface area contributed by atoms with Gasteiger partial charge in [0.25, 0.3) is 0 Å². The van der Waals surface area contributed by atoms with E-state index >= 15 is 0 Å². The molecule has 4 saturated carbocycles. The van der Waals surface area contributed by atoms with Gasteiger partial charge >= 0.3 is 0 Å². The lowest BCUT2D eigenvalue weighted by molar-refractivity contribution is -0.170. The quantitative estimate of drug-likeness (QED) is 0.549. The summed E-state index contributed by atoms with van der Waals surface area (Å²) in [7, 11) is 0. The van der Waals surface area contributed by atoms with E-state index < -0.39 is 5.60 Å². The van der Waals surface area contributed by atoms with Gasteiger partial charge < -0.3 is 15.3 Å². The van der Waals surface area contributed by atoms with E-state index in [1.165, 1.54) is 5.57 Å². The Morgan fingerprint density at radius 1 is 1.14 bits per heavy atom. The number of oxime groups is 1. The molecule has 1 saturated heterocycles. The molecular weight excluding hydrogens is 364 g/mol. The van der Waals surface area contributed by atoms with Crippen LogP contribution in [-0.2, 0) is 9.63 Å². The minimum absolute atomic E-state index is 0.139.